The molecule has 0 bridgehead atoms. The number of carbonyl (C=O) groups excluding carboxylic acids is 1. The summed E-state index contributed by atoms with van der Waals surface area (Å²) in [5, 5.41) is 2.68. The molecule has 1 aromatic heterocycles. The Balaban J connectivity index is 1.63. The van der Waals surface area contributed by atoms with Crippen molar-refractivity contribution in [3.63, 3.8) is 0 Å². The van der Waals surface area contributed by atoms with Crippen LogP contribution in [0.15, 0.2) is 82.4 Å². The van der Waals surface area contributed by atoms with Gasteiger partial charge in [-0.25, -0.2) is 23.1 Å². The van der Waals surface area contributed by atoms with E-state index in [1.807, 2.05) is 24.3 Å². The second kappa shape index (κ2) is 8.77. The van der Waals surface area contributed by atoms with E-state index in [4.69, 9.17) is 0 Å². The van der Waals surface area contributed by atoms with Crippen LogP contribution in [0.4, 0.5) is 11.6 Å². The second-order valence-corrected chi connectivity index (χ2v) is 8.17. The van der Waals surface area contributed by atoms with Crippen LogP contribution in [0.1, 0.15) is 5.56 Å². The summed E-state index contributed by atoms with van der Waals surface area (Å²) in [5.41, 5.74) is 1.36. The van der Waals surface area contributed by atoms with Gasteiger partial charge >= 0.3 is 0 Å². The first-order chi connectivity index (χ1) is 13.4. The molecule has 7 nitrogen and oxygen atoms in total. The summed E-state index contributed by atoms with van der Waals surface area (Å²) in [6, 6.07) is 14.9. The van der Waals surface area contributed by atoms with E-state index in [0.29, 0.717) is 5.69 Å². The monoisotopic (exact) mass is 458 g/mol. The van der Waals surface area contributed by atoms with E-state index in [2.05, 4.69) is 35.9 Å². The number of hydrogen-bond donors (Lipinski definition) is 2. The van der Waals surface area contributed by atoms with Crippen LogP contribution in [0.25, 0.3) is 6.08 Å². The van der Waals surface area contributed by atoms with Crippen LogP contribution in [0.3, 0.4) is 0 Å². The number of halogens is 1. The summed E-state index contributed by atoms with van der Waals surface area (Å²) in [4.78, 5) is 19.7. The molecule has 3 aromatic rings. The van der Waals surface area contributed by atoms with Crippen LogP contribution in [-0.4, -0.2) is 24.3 Å². The lowest BCUT2D eigenvalue weighted by Crippen LogP contribution is -2.15. The summed E-state index contributed by atoms with van der Waals surface area (Å²) < 4.78 is 27.9. The normalized spacial score (nSPS) is 11.3. The van der Waals surface area contributed by atoms with Crippen molar-refractivity contribution < 1.29 is 13.2 Å². The molecule has 28 heavy (non-hydrogen) atoms. The third-order valence-electron chi connectivity index (χ3n) is 3.52. The van der Waals surface area contributed by atoms with Gasteiger partial charge in [0.15, 0.2) is 0 Å². The molecule has 142 valence electrons. The molecular formula is C19H15BrN4O3S. The standard InChI is InChI=1S/C19H15BrN4O3S/c20-15-5-2-14(3-6-15)4-11-18(25)23-16-7-9-17(10-8-16)28(26,27)24-19-21-12-1-13-22-19/h1-13H,(H,23,25)(H,21,22,24). The molecule has 1 amide bonds. The van der Waals surface area contributed by atoms with Gasteiger partial charge in [0.1, 0.15) is 0 Å². The number of sulfonamides is 1. The zero-order valence-corrected chi connectivity index (χ0v) is 16.8. The lowest BCUT2D eigenvalue weighted by Gasteiger charge is -2.07. The molecule has 0 saturated heterocycles. The molecule has 1 heterocycles. The summed E-state index contributed by atoms with van der Waals surface area (Å²) in [7, 11) is -3.81. The molecule has 0 aliphatic heterocycles. The van der Waals surface area contributed by atoms with Crippen molar-refractivity contribution in [2.45, 2.75) is 4.90 Å². The molecule has 3 rings (SSSR count). The predicted molar refractivity (Wildman–Crippen MR) is 111 cm³/mol. The fourth-order valence-corrected chi connectivity index (χ4v) is 3.40. The lowest BCUT2D eigenvalue weighted by molar-refractivity contribution is -0.111. The zero-order chi connectivity index (χ0) is 20.0. The maximum Gasteiger partial charge on any atom is 0.264 e. The minimum atomic E-state index is -3.81. The van der Waals surface area contributed by atoms with E-state index in [0.717, 1.165) is 10.0 Å². The molecule has 0 saturated carbocycles. The number of aromatic nitrogens is 2. The summed E-state index contributed by atoms with van der Waals surface area (Å²) in [5.74, 6) is -0.340. The van der Waals surface area contributed by atoms with Gasteiger partial charge in [0.25, 0.3) is 10.0 Å². The van der Waals surface area contributed by atoms with Gasteiger partial charge in [-0.2, -0.15) is 0 Å². The van der Waals surface area contributed by atoms with Gasteiger partial charge in [-0.15, -0.1) is 0 Å². The topological polar surface area (TPSA) is 101 Å². The van der Waals surface area contributed by atoms with E-state index < -0.39 is 10.0 Å². The van der Waals surface area contributed by atoms with Crippen molar-refractivity contribution in [3.8, 4) is 0 Å². The fourth-order valence-electron chi connectivity index (χ4n) is 2.18. The summed E-state index contributed by atoms with van der Waals surface area (Å²) in [6.07, 6.45) is 5.96. The molecule has 2 N–H and O–H groups in total. The summed E-state index contributed by atoms with van der Waals surface area (Å²) >= 11 is 3.35. The third kappa shape index (κ3) is 5.48. The Morgan fingerprint density at radius 1 is 0.964 bits per heavy atom. The number of nitrogens with zero attached hydrogens (tertiary/aromatic N) is 2. The number of benzene rings is 2. The van der Waals surface area contributed by atoms with Crippen molar-refractivity contribution in [2.24, 2.45) is 0 Å². The first-order valence-electron chi connectivity index (χ1n) is 8.07. The van der Waals surface area contributed by atoms with Gasteiger partial charge in [-0.1, -0.05) is 28.1 Å². The van der Waals surface area contributed by atoms with E-state index in [1.165, 1.54) is 42.7 Å². The average Bonchev–Trinajstić information content (AvgIpc) is 2.68. The number of carbonyl (C=O) groups is 1. The Hall–Kier alpha value is -3.04. The maximum absolute atomic E-state index is 12.3. The Bertz CT molecular complexity index is 1080. The quantitative estimate of drug-likeness (QED) is 0.548. The maximum atomic E-state index is 12.3. The Labute approximate surface area is 170 Å². The average molecular weight is 459 g/mol. The number of nitrogens with one attached hydrogen (secondary N) is 2. The highest BCUT2D eigenvalue weighted by atomic mass is 79.9. The van der Waals surface area contributed by atoms with Crippen molar-refractivity contribution in [1.82, 2.24) is 9.97 Å². The number of anilines is 2. The molecule has 0 fully saturated rings. The fraction of sp³-hybridized carbons (Fsp3) is 0. The summed E-state index contributed by atoms with van der Waals surface area (Å²) in [6.45, 7) is 0. The van der Waals surface area contributed by atoms with Gasteiger partial charge < -0.3 is 5.32 Å². The van der Waals surface area contributed by atoms with E-state index >= 15 is 0 Å². The number of rotatable bonds is 6. The molecule has 0 atom stereocenters. The van der Waals surface area contributed by atoms with Crippen molar-refractivity contribution >= 4 is 49.6 Å². The van der Waals surface area contributed by atoms with Crippen LogP contribution in [0, 0.1) is 0 Å². The van der Waals surface area contributed by atoms with Gasteiger partial charge in [0, 0.05) is 28.6 Å². The van der Waals surface area contributed by atoms with Crippen molar-refractivity contribution in [3.05, 3.63) is 83.1 Å². The highest BCUT2D eigenvalue weighted by Gasteiger charge is 2.15. The zero-order valence-electron chi connectivity index (χ0n) is 14.4. The number of amides is 1. The minimum absolute atomic E-state index is 0.0158. The smallest absolute Gasteiger partial charge is 0.264 e. The Morgan fingerprint density at radius 2 is 1.61 bits per heavy atom. The molecular weight excluding hydrogens is 444 g/mol. The van der Waals surface area contributed by atoms with Crippen molar-refractivity contribution in [1.29, 1.82) is 0 Å². The Morgan fingerprint density at radius 3 is 2.25 bits per heavy atom. The van der Waals surface area contributed by atoms with Crippen molar-refractivity contribution in [2.75, 3.05) is 10.0 Å². The molecule has 2 aromatic carbocycles. The molecule has 9 heteroatoms. The lowest BCUT2D eigenvalue weighted by atomic mass is 10.2. The molecule has 0 aliphatic rings. The first kappa shape index (κ1) is 19.7. The van der Waals surface area contributed by atoms with Crippen LogP contribution in [-0.2, 0) is 14.8 Å². The van der Waals surface area contributed by atoms with Crippen LogP contribution in [0.2, 0.25) is 0 Å². The van der Waals surface area contributed by atoms with Gasteiger partial charge in [-0.3, -0.25) is 4.79 Å². The van der Waals surface area contributed by atoms with E-state index in [-0.39, 0.29) is 16.8 Å². The Kier molecular flexibility index (Phi) is 6.17. The second-order valence-electron chi connectivity index (χ2n) is 5.58. The van der Waals surface area contributed by atoms with Gasteiger partial charge in [-0.05, 0) is 54.1 Å². The molecule has 0 spiro atoms. The first-order valence-corrected chi connectivity index (χ1v) is 10.3. The molecule has 0 unspecified atom stereocenters. The predicted octanol–water partition coefficient (Wildman–Crippen LogP) is 3.69. The SMILES string of the molecule is O=C(C=Cc1ccc(Br)cc1)Nc1ccc(S(=O)(=O)Nc2ncccn2)cc1. The minimum Gasteiger partial charge on any atom is -0.323 e. The van der Waals surface area contributed by atoms with Crippen LogP contribution in [0.5, 0.6) is 0 Å². The van der Waals surface area contributed by atoms with Gasteiger partial charge in [0.2, 0.25) is 11.9 Å². The number of hydrogen-bond acceptors (Lipinski definition) is 5. The van der Waals surface area contributed by atoms with E-state index in [1.54, 1.807) is 12.1 Å². The van der Waals surface area contributed by atoms with Gasteiger partial charge in [0.05, 0.1) is 4.90 Å². The largest absolute Gasteiger partial charge is 0.323 e. The molecule has 0 radical (unpaired) electrons. The van der Waals surface area contributed by atoms with Crippen LogP contribution < -0.4 is 10.0 Å². The highest BCUT2D eigenvalue weighted by Crippen LogP contribution is 2.17. The highest BCUT2D eigenvalue weighted by molar-refractivity contribution is 9.10. The molecule has 0 aliphatic carbocycles. The third-order valence-corrected chi connectivity index (χ3v) is 5.39. The van der Waals surface area contributed by atoms with Crippen LogP contribution >= 0.6 is 15.9 Å². The van der Waals surface area contributed by atoms with E-state index in [9.17, 15) is 13.2 Å².